The molecule has 4 N–H and O–H groups in total. The van der Waals surface area contributed by atoms with E-state index in [-0.39, 0.29) is 83.8 Å². The molecule has 7 rings (SSSR count). The van der Waals surface area contributed by atoms with Gasteiger partial charge in [0.1, 0.15) is 23.5 Å². The van der Waals surface area contributed by atoms with Crippen LogP contribution in [0.25, 0.3) is 0 Å². The van der Waals surface area contributed by atoms with Crippen molar-refractivity contribution < 1.29 is 53.1 Å². The van der Waals surface area contributed by atoms with Crippen molar-refractivity contribution in [3.05, 3.63) is 63.7 Å². The average molecular weight is 704 g/mol. The molecule has 270 valence electrons. The van der Waals surface area contributed by atoms with Gasteiger partial charge in [0.05, 0.1) is 61.2 Å². The Morgan fingerprint density at radius 1 is 1.04 bits per heavy atom. The lowest BCUT2D eigenvalue weighted by Crippen LogP contribution is -2.47. The number of carbonyl (C=O) groups excluding carboxylic acids is 5. The fraction of sp³-hybridized carbons (Fsp3) is 0.486. The maximum absolute atomic E-state index is 14.0. The molecule has 0 spiro atoms. The number of fused-ring (bicyclic) bond motifs is 3. The van der Waals surface area contributed by atoms with Crippen molar-refractivity contribution in [2.45, 2.75) is 63.4 Å². The van der Waals surface area contributed by atoms with Crippen molar-refractivity contribution in [2.24, 2.45) is 5.41 Å². The van der Waals surface area contributed by atoms with E-state index >= 15 is 0 Å². The van der Waals surface area contributed by atoms with Crippen LogP contribution in [0.3, 0.4) is 0 Å². The smallest absolute Gasteiger partial charge is 0.253 e. The monoisotopic (exact) mass is 703 g/mol. The third-order valence-electron chi connectivity index (χ3n) is 10.6. The van der Waals surface area contributed by atoms with Gasteiger partial charge in [-0.25, -0.2) is 0 Å². The van der Waals surface area contributed by atoms with Crippen LogP contribution >= 0.6 is 0 Å². The van der Waals surface area contributed by atoms with Crippen LogP contribution in [-0.2, 0) is 35.0 Å². The van der Waals surface area contributed by atoms with Gasteiger partial charge in [0.25, 0.3) is 11.8 Å². The van der Waals surface area contributed by atoms with Crippen molar-refractivity contribution in [1.82, 2.24) is 15.5 Å². The minimum absolute atomic E-state index is 0.00610. The summed E-state index contributed by atoms with van der Waals surface area (Å²) in [5.41, 5.74) is -1.19. The van der Waals surface area contributed by atoms with Crippen LogP contribution in [0.15, 0.2) is 30.4 Å². The molecule has 2 aromatic rings. The molecule has 2 aromatic carbocycles. The highest BCUT2D eigenvalue weighted by Crippen LogP contribution is 2.55. The first-order chi connectivity index (χ1) is 24.5. The molecular weight excluding hydrogens is 662 g/mol. The van der Waals surface area contributed by atoms with Crippen molar-refractivity contribution in [3.63, 3.8) is 0 Å². The number of ketones is 2. The molecule has 5 atom stereocenters. The van der Waals surface area contributed by atoms with E-state index in [0.717, 1.165) is 4.90 Å². The van der Waals surface area contributed by atoms with Crippen molar-refractivity contribution in [3.8, 4) is 17.2 Å². The van der Waals surface area contributed by atoms with Gasteiger partial charge < -0.3 is 34.5 Å². The molecule has 0 saturated carbocycles. The van der Waals surface area contributed by atoms with Gasteiger partial charge in [-0.3, -0.25) is 34.2 Å². The number of morpholine rings is 1. The topological polar surface area (TPSA) is 190 Å². The fourth-order valence-electron chi connectivity index (χ4n) is 8.12. The van der Waals surface area contributed by atoms with E-state index in [1.165, 1.54) is 25.3 Å². The van der Waals surface area contributed by atoms with E-state index in [1.807, 2.05) is 0 Å². The lowest BCUT2D eigenvalue weighted by Gasteiger charge is -2.42. The standard InChI is InChI=1S/C37H41N3O11/c1-37(36(47)39-10-12-40-26(41)8-9-27(40)42)15-19(14-20-6-7-21(17-50-20)51-25-18-49-13-11-38-25)28-23(16-37)33(44)30-31(34(28)45)35(46)29-22(32(30)43)4-3-5-24(29)48-2/h3-5,8-9,19-21,25,38,44-45H,6-7,10-18H2,1-2H3,(H,39,47)/t19-,20+,21?,25+,37-/m0/s1. The first-order valence-corrected chi connectivity index (χ1v) is 17.3. The Morgan fingerprint density at radius 3 is 2.49 bits per heavy atom. The second kappa shape index (κ2) is 13.8. The summed E-state index contributed by atoms with van der Waals surface area (Å²) in [7, 11) is 1.38. The van der Waals surface area contributed by atoms with E-state index in [9.17, 15) is 34.2 Å². The minimum atomic E-state index is -1.15. The van der Waals surface area contributed by atoms with Gasteiger partial charge in [-0.15, -0.1) is 0 Å². The molecule has 1 unspecified atom stereocenters. The number of amides is 3. The fourth-order valence-corrected chi connectivity index (χ4v) is 8.12. The molecule has 2 aliphatic carbocycles. The number of nitrogens with one attached hydrogen (secondary N) is 2. The number of phenols is 2. The number of benzene rings is 2. The molecule has 5 aliphatic rings. The molecule has 0 radical (unpaired) electrons. The lowest BCUT2D eigenvalue weighted by atomic mass is 9.64. The highest BCUT2D eigenvalue weighted by Gasteiger charge is 2.48. The number of rotatable bonds is 9. The number of hydrogen-bond donors (Lipinski definition) is 4. The quantitative estimate of drug-likeness (QED) is 0.187. The Hall–Kier alpha value is -4.63. The first kappa shape index (κ1) is 34.8. The molecule has 3 amide bonds. The van der Waals surface area contributed by atoms with Gasteiger partial charge in [0.2, 0.25) is 11.7 Å². The molecule has 51 heavy (non-hydrogen) atoms. The van der Waals surface area contributed by atoms with Gasteiger partial charge in [-0.2, -0.15) is 0 Å². The summed E-state index contributed by atoms with van der Waals surface area (Å²) >= 11 is 0. The van der Waals surface area contributed by atoms with E-state index in [1.54, 1.807) is 19.1 Å². The summed E-state index contributed by atoms with van der Waals surface area (Å²) in [5, 5.41) is 29.9. The second-order valence-corrected chi connectivity index (χ2v) is 14.0. The highest BCUT2D eigenvalue weighted by atomic mass is 16.6. The summed E-state index contributed by atoms with van der Waals surface area (Å²) in [6.45, 7) is 3.83. The second-order valence-electron chi connectivity index (χ2n) is 14.0. The van der Waals surface area contributed by atoms with Crippen LogP contribution in [0, 0.1) is 5.41 Å². The van der Waals surface area contributed by atoms with E-state index < -0.39 is 46.2 Å². The molecule has 3 heterocycles. The zero-order chi connectivity index (χ0) is 36.0. The molecular formula is C37H41N3O11. The molecule has 14 nitrogen and oxygen atoms in total. The minimum Gasteiger partial charge on any atom is -0.507 e. The van der Waals surface area contributed by atoms with Crippen molar-refractivity contribution >= 4 is 29.3 Å². The Morgan fingerprint density at radius 2 is 1.80 bits per heavy atom. The number of methoxy groups -OCH3 is 1. The van der Waals surface area contributed by atoms with Crippen LogP contribution in [0.5, 0.6) is 17.2 Å². The number of imide groups is 1. The number of phenolic OH excluding ortho intramolecular Hbond substituents is 2. The van der Waals surface area contributed by atoms with Crippen LogP contribution in [0.2, 0.25) is 0 Å². The molecule has 3 aliphatic heterocycles. The Labute approximate surface area is 294 Å². The van der Waals surface area contributed by atoms with Gasteiger partial charge >= 0.3 is 0 Å². The largest absolute Gasteiger partial charge is 0.507 e. The molecule has 14 heteroatoms. The van der Waals surface area contributed by atoms with E-state index in [0.29, 0.717) is 51.2 Å². The highest BCUT2D eigenvalue weighted by molar-refractivity contribution is 6.31. The van der Waals surface area contributed by atoms with E-state index in [2.05, 4.69) is 10.6 Å². The number of aromatic hydroxyl groups is 2. The van der Waals surface area contributed by atoms with E-state index in [4.69, 9.17) is 18.9 Å². The summed E-state index contributed by atoms with van der Waals surface area (Å²) in [6.07, 6.45) is 3.52. The van der Waals surface area contributed by atoms with Crippen LogP contribution < -0.4 is 15.4 Å². The molecule has 2 saturated heterocycles. The predicted octanol–water partition coefficient (Wildman–Crippen LogP) is 1.86. The van der Waals surface area contributed by atoms with Crippen LogP contribution in [-0.4, -0.2) is 109 Å². The predicted molar refractivity (Wildman–Crippen MR) is 179 cm³/mol. The number of carbonyl (C=O) groups is 5. The first-order valence-electron chi connectivity index (χ1n) is 17.3. The Bertz CT molecular complexity index is 1810. The summed E-state index contributed by atoms with van der Waals surface area (Å²) < 4.78 is 23.3. The van der Waals surface area contributed by atoms with Gasteiger partial charge in [0.15, 0.2) is 5.78 Å². The third-order valence-corrected chi connectivity index (χ3v) is 10.6. The normalized spacial score (nSPS) is 27.2. The number of nitrogens with zero attached hydrogens (tertiary/aromatic N) is 1. The maximum Gasteiger partial charge on any atom is 0.253 e. The summed E-state index contributed by atoms with van der Waals surface area (Å²) in [4.78, 5) is 66.9. The number of ether oxygens (including phenoxy) is 4. The van der Waals surface area contributed by atoms with Gasteiger partial charge in [0, 0.05) is 48.5 Å². The maximum atomic E-state index is 14.0. The van der Waals surface area contributed by atoms with Gasteiger partial charge in [-0.05, 0) is 44.1 Å². The molecule has 0 aromatic heterocycles. The molecule has 2 fully saturated rings. The van der Waals surface area contributed by atoms with Crippen LogP contribution in [0.4, 0.5) is 0 Å². The Kier molecular flexibility index (Phi) is 9.44. The van der Waals surface area contributed by atoms with Crippen molar-refractivity contribution in [1.29, 1.82) is 0 Å². The molecule has 0 bridgehead atoms. The Balaban J connectivity index is 1.19. The number of hydrogen-bond acceptors (Lipinski definition) is 12. The summed E-state index contributed by atoms with van der Waals surface area (Å²) in [5.74, 6) is -3.85. The SMILES string of the molecule is COc1cccc2c1C(=O)c1c(O)c3c(c(O)c1C2=O)C[C@@](C)(C(=O)NCCN1C(=O)C=CC1=O)C[C@@H]3C[C@H]1CCC(O[C@@H]2COCCN2)CO1. The average Bonchev–Trinajstić information content (AvgIpc) is 3.45. The summed E-state index contributed by atoms with van der Waals surface area (Å²) in [6, 6.07) is 4.59. The van der Waals surface area contributed by atoms with Gasteiger partial charge in [-0.1, -0.05) is 19.1 Å². The zero-order valence-electron chi connectivity index (χ0n) is 28.5. The van der Waals surface area contributed by atoms with Crippen molar-refractivity contribution in [2.75, 3.05) is 46.6 Å². The van der Waals surface area contributed by atoms with Crippen LogP contribution in [0.1, 0.15) is 81.5 Å². The lowest BCUT2D eigenvalue weighted by molar-refractivity contribution is -0.146. The zero-order valence-corrected chi connectivity index (χ0v) is 28.5. The third kappa shape index (κ3) is 6.30.